The number of halogens is 8. The summed E-state index contributed by atoms with van der Waals surface area (Å²) in [5.41, 5.74) is -2.38. The number of H-pyrrole nitrogens is 2. The fraction of sp³-hybridized carbons (Fsp3) is 0. The Labute approximate surface area is 260 Å². The molecular weight excluding hydrogens is 646 g/mol. The number of aromatic nitrogens is 7. The largest absolute Gasteiger partial charge is 0.339 e. The zero-order valence-corrected chi connectivity index (χ0v) is 23.5. The van der Waals surface area contributed by atoms with Gasteiger partial charge in [0, 0.05) is 27.1 Å². The van der Waals surface area contributed by atoms with Gasteiger partial charge in [-0.25, -0.2) is 60.0 Å². The topological polar surface area (TPSA) is 96.0 Å². The second kappa shape index (κ2) is 9.63. The standard InChI is InChI=1S/C33H11F8N7/c34-14-1-2-15(35)25-24(14)23-9-22-10-5-18(38)19(39)6-11(10)28(42-22)45-32-26-16(36)3-4-17(37)27(26)33(48-32)47-30-13-8-21(41)20(40)7-12(13)29(44-30)46-31(25)43-23/h1-9H,(H2,42,43,44,45,46,47,48). The van der Waals surface area contributed by atoms with Crippen LogP contribution in [0.3, 0.4) is 0 Å². The summed E-state index contributed by atoms with van der Waals surface area (Å²) >= 11 is 0. The van der Waals surface area contributed by atoms with Gasteiger partial charge in [-0.15, -0.1) is 0 Å². The van der Waals surface area contributed by atoms with Gasteiger partial charge in [-0.05, 0) is 54.6 Å². The highest BCUT2D eigenvalue weighted by Crippen LogP contribution is 2.41. The number of rotatable bonds is 0. The van der Waals surface area contributed by atoms with Gasteiger partial charge in [-0.2, -0.15) is 0 Å². The minimum atomic E-state index is -1.27. The molecule has 0 atom stereocenters. The van der Waals surface area contributed by atoms with Gasteiger partial charge in [0.25, 0.3) is 0 Å². The number of benzene rings is 4. The molecule has 9 rings (SSSR count). The van der Waals surface area contributed by atoms with E-state index in [-0.39, 0.29) is 66.6 Å². The van der Waals surface area contributed by atoms with E-state index in [2.05, 4.69) is 34.9 Å². The molecule has 7 aromatic rings. The highest BCUT2D eigenvalue weighted by molar-refractivity contribution is 6.07. The first-order chi connectivity index (χ1) is 23.0. The third-order valence-corrected chi connectivity index (χ3v) is 8.17. The molecule has 2 aliphatic heterocycles. The van der Waals surface area contributed by atoms with Crippen molar-refractivity contribution in [3.63, 3.8) is 0 Å². The highest BCUT2D eigenvalue weighted by atomic mass is 19.2. The molecule has 0 fully saturated rings. The van der Waals surface area contributed by atoms with Crippen LogP contribution < -0.4 is 0 Å². The van der Waals surface area contributed by atoms with E-state index in [1.54, 1.807) is 0 Å². The lowest BCUT2D eigenvalue weighted by molar-refractivity contribution is 0.511. The van der Waals surface area contributed by atoms with Gasteiger partial charge in [-0.1, -0.05) is 0 Å². The Bertz CT molecular complexity index is 2420. The van der Waals surface area contributed by atoms with Crippen molar-refractivity contribution in [3.8, 4) is 45.4 Å². The van der Waals surface area contributed by atoms with Gasteiger partial charge >= 0.3 is 0 Å². The molecule has 2 N–H and O–H groups in total. The molecule has 2 aliphatic rings. The smallest absolute Gasteiger partial charge is 0.167 e. The van der Waals surface area contributed by atoms with E-state index in [4.69, 9.17) is 0 Å². The minimum Gasteiger partial charge on any atom is -0.339 e. The molecule has 0 amide bonds. The van der Waals surface area contributed by atoms with Gasteiger partial charge in [-0.3, -0.25) is 0 Å². The van der Waals surface area contributed by atoms with Crippen molar-refractivity contribution in [3.05, 3.63) is 101 Å². The molecule has 0 aliphatic carbocycles. The highest BCUT2D eigenvalue weighted by Gasteiger charge is 2.29. The van der Waals surface area contributed by atoms with E-state index < -0.39 is 69.3 Å². The van der Waals surface area contributed by atoms with E-state index in [1.807, 2.05) is 0 Å². The number of fused-ring (bicyclic) bond motifs is 20. The Kier molecular flexibility index (Phi) is 5.62. The van der Waals surface area contributed by atoms with Crippen molar-refractivity contribution in [2.45, 2.75) is 0 Å². The third kappa shape index (κ3) is 3.90. The number of nitrogens with zero attached hydrogens (tertiary/aromatic N) is 5. The molecule has 15 heteroatoms. The van der Waals surface area contributed by atoms with Gasteiger partial charge in [0.05, 0.1) is 27.9 Å². The summed E-state index contributed by atoms with van der Waals surface area (Å²) in [6.07, 6.45) is 0. The molecular formula is C33H11F8N7. The molecule has 234 valence electrons. The number of hydrogen-bond donors (Lipinski definition) is 2. The van der Waals surface area contributed by atoms with Crippen LogP contribution in [0.5, 0.6) is 0 Å². The Morgan fingerprint density at radius 3 is 1.23 bits per heavy atom. The molecule has 0 spiro atoms. The van der Waals surface area contributed by atoms with Crippen LogP contribution in [-0.2, 0) is 0 Å². The van der Waals surface area contributed by atoms with Crippen molar-refractivity contribution >= 4 is 44.0 Å². The normalized spacial score (nSPS) is 12.2. The molecule has 5 heterocycles. The predicted molar refractivity (Wildman–Crippen MR) is 158 cm³/mol. The van der Waals surface area contributed by atoms with Crippen LogP contribution in [0.4, 0.5) is 35.1 Å². The Balaban J connectivity index is 1.55. The number of nitrogens with one attached hydrogen (secondary N) is 2. The van der Waals surface area contributed by atoms with Crippen LogP contribution in [0.1, 0.15) is 0 Å². The van der Waals surface area contributed by atoms with Crippen LogP contribution >= 0.6 is 0 Å². The van der Waals surface area contributed by atoms with Crippen molar-refractivity contribution < 1.29 is 35.1 Å². The summed E-state index contributed by atoms with van der Waals surface area (Å²) in [5, 5.41) is -0.150. The second-order valence-corrected chi connectivity index (χ2v) is 11.0. The zero-order chi connectivity index (χ0) is 33.2. The monoisotopic (exact) mass is 657 g/mol. The first-order valence-electron chi connectivity index (χ1n) is 14.0. The van der Waals surface area contributed by atoms with Gasteiger partial charge in [0.15, 0.2) is 40.7 Å². The Morgan fingerprint density at radius 1 is 0.354 bits per heavy atom. The summed E-state index contributed by atoms with van der Waals surface area (Å²) in [5.74, 6) is -10.0. The van der Waals surface area contributed by atoms with Gasteiger partial charge in [0.1, 0.15) is 40.2 Å². The van der Waals surface area contributed by atoms with E-state index in [1.165, 1.54) is 6.07 Å². The fourth-order valence-electron chi connectivity index (χ4n) is 6.04. The molecule has 7 nitrogen and oxygen atoms in total. The quantitative estimate of drug-likeness (QED) is 0.159. The molecule has 4 aromatic carbocycles. The first-order valence-corrected chi connectivity index (χ1v) is 14.0. The molecule has 8 bridgehead atoms. The average Bonchev–Trinajstić information content (AvgIpc) is 3.77. The summed E-state index contributed by atoms with van der Waals surface area (Å²) < 4.78 is 120. The maximum Gasteiger partial charge on any atom is 0.167 e. The summed E-state index contributed by atoms with van der Waals surface area (Å²) in [4.78, 5) is 27.2. The molecule has 0 unspecified atom stereocenters. The van der Waals surface area contributed by atoms with E-state index in [9.17, 15) is 17.6 Å². The van der Waals surface area contributed by atoms with Crippen molar-refractivity contribution in [1.29, 1.82) is 0 Å². The van der Waals surface area contributed by atoms with Crippen LogP contribution in [0.25, 0.3) is 89.4 Å². The molecule has 0 saturated carbocycles. The lowest BCUT2D eigenvalue weighted by Gasteiger charge is -2.02. The van der Waals surface area contributed by atoms with Gasteiger partial charge in [0.2, 0.25) is 0 Å². The van der Waals surface area contributed by atoms with Crippen LogP contribution in [0.2, 0.25) is 0 Å². The van der Waals surface area contributed by atoms with Crippen molar-refractivity contribution in [2.24, 2.45) is 0 Å². The molecule has 3 aromatic heterocycles. The molecule has 0 radical (unpaired) electrons. The van der Waals surface area contributed by atoms with Crippen molar-refractivity contribution in [1.82, 2.24) is 34.9 Å². The molecule has 48 heavy (non-hydrogen) atoms. The minimum absolute atomic E-state index is 0.00179. The molecule has 0 saturated heterocycles. The van der Waals surface area contributed by atoms with Crippen LogP contribution in [-0.4, -0.2) is 34.9 Å². The average molecular weight is 657 g/mol. The first kappa shape index (κ1) is 28.0. The summed E-state index contributed by atoms with van der Waals surface area (Å²) in [6.45, 7) is 0. The predicted octanol–water partition coefficient (Wildman–Crippen LogP) is 8.59. The number of aromatic amines is 2. The van der Waals surface area contributed by atoms with Crippen LogP contribution in [0.15, 0.2) is 54.6 Å². The zero-order valence-electron chi connectivity index (χ0n) is 23.5. The Hall–Kier alpha value is -6.25. The van der Waals surface area contributed by atoms with Crippen LogP contribution in [0, 0.1) is 46.5 Å². The number of hydrogen-bond acceptors (Lipinski definition) is 5. The maximum absolute atomic E-state index is 15.4. The summed E-state index contributed by atoms with van der Waals surface area (Å²) in [7, 11) is 0. The van der Waals surface area contributed by atoms with Gasteiger partial charge < -0.3 is 9.97 Å². The summed E-state index contributed by atoms with van der Waals surface area (Å²) in [6, 6.07) is 7.84. The third-order valence-electron chi connectivity index (χ3n) is 8.17. The van der Waals surface area contributed by atoms with Crippen molar-refractivity contribution in [2.75, 3.05) is 0 Å². The Morgan fingerprint density at radius 2 is 0.729 bits per heavy atom. The fourth-order valence-corrected chi connectivity index (χ4v) is 6.04. The van der Waals surface area contributed by atoms with E-state index >= 15 is 17.6 Å². The second-order valence-electron chi connectivity index (χ2n) is 11.0. The van der Waals surface area contributed by atoms with E-state index in [0.29, 0.717) is 0 Å². The SMILES string of the molecule is Fc1cc2c3cc4nc(nc5[nH]c(nc6nc(nc([nH]3)c2cc1F)-c1c(F)ccc(F)c1-6)c1cc(F)c(F)cc51)-c1c(F)ccc(F)c1-4. The van der Waals surface area contributed by atoms with E-state index in [0.717, 1.165) is 48.5 Å². The lowest BCUT2D eigenvalue weighted by Crippen LogP contribution is -1.91. The lowest BCUT2D eigenvalue weighted by atomic mass is 10.0. The maximum atomic E-state index is 15.4.